The summed E-state index contributed by atoms with van der Waals surface area (Å²) < 4.78 is 22.6. The van der Waals surface area contributed by atoms with E-state index in [-0.39, 0.29) is 17.5 Å². The van der Waals surface area contributed by atoms with E-state index in [1.54, 1.807) is 0 Å². The molecule has 0 bridgehead atoms. The van der Waals surface area contributed by atoms with E-state index >= 15 is 0 Å². The fourth-order valence-corrected chi connectivity index (χ4v) is 4.36. The van der Waals surface area contributed by atoms with E-state index in [0.29, 0.717) is 16.7 Å². The summed E-state index contributed by atoms with van der Waals surface area (Å²) in [6.45, 7) is 2.00. The molecule has 0 unspecified atom stereocenters. The number of nitrogens with one attached hydrogen (secondary N) is 2. The predicted octanol–water partition coefficient (Wildman–Crippen LogP) is 0.574. The van der Waals surface area contributed by atoms with Crippen molar-refractivity contribution in [3.8, 4) is 0 Å². The van der Waals surface area contributed by atoms with Gasteiger partial charge in [0, 0.05) is 6.04 Å². The van der Waals surface area contributed by atoms with Crippen molar-refractivity contribution in [2.75, 3.05) is 16.8 Å². The van der Waals surface area contributed by atoms with Crippen LogP contribution in [0.1, 0.15) is 18.4 Å². The average molecular weight is 306 g/mol. The Morgan fingerprint density at radius 1 is 1.56 bits per heavy atom. The lowest BCUT2D eigenvalue weighted by Gasteiger charge is -2.12. The first kappa shape index (κ1) is 13.6. The van der Waals surface area contributed by atoms with Crippen LogP contribution >= 0.6 is 23.6 Å². The van der Waals surface area contributed by atoms with Crippen LogP contribution < -0.4 is 10.6 Å². The molecule has 0 aromatic carbocycles. The normalized spacial score (nSPS) is 21.7. The fourth-order valence-electron chi connectivity index (χ4n) is 1.67. The van der Waals surface area contributed by atoms with Crippen molar-refractivity contribution in [1.82, 2.24) is 15.5 Å². The highest BCUT2D eigenvalue weighted by atomic mass is 32.2. The van der Waals surface area contributed by atoms with Crippen LogP contribution in [0.5, 0.6) is 0 Å². The van der Waals surface area contributed by atoms with E-state index in [4.69, 9.17) is 12.2 Å². The van der Waals surface area contributed by atoms with Gasteiger partial charge < -0.3 is 10.6 Å². The highest BCUT2D eigenvalue weighted by Crippen LogP contribution is 2.16. The molecule has 1 fully saturated rings. The molecule has 0 spiro atoms. The van der Waals surface area contributed by atoms with Gasteiger partial charge in [-0.2, -0.15) is 0 Å². The van der Waals surface area contributed by atoms with Crippen molar-refractivity contribution in [2.24, 2.45) is 0 Å². The Balaban J connectivity index is 1.86. The van der Waals surface area contributed by atoms with Gasteiger partial charge in [-0.15, -0.1) is 10.2 Å². The Bertz CT molecular complexity index is 540. The second kappa shape index (κ2) is 5.45. The van der Waals surface area contributed by atoms with Crippen LogP contribution in [0.4, 0.5) is 5.13 Å². The zero-order chi connectivity index (χ0) is 13.2. The minimum Gasteiger partial charge on any atom is -0.359 e. The second-order valence-corrected chi connectivity index (χ2v) is 7.75. The van der Waals surface area contributed by atoms with Gasteiger partial charge in [0.05, 0.1) is 11.5 Å². The largest absolute Gasteiger partial charge is 0.359 e. The van der Waals surface area contributed by atoms with E-state index in [1.165, 1.54) is 11.3 Å². The van der Waals surface area contributed by atoms with Crippen molar-refractivity contribution >= 4 is 43.6 Å². The number of aryl methyl sites for hydroxylation is 1. The average Bonchev–Trinajstić information content (AvgIpc) is 2.85. The molecule has 100 valence electrons. The Morgan fingerprint density at radius 3 is 2.89 bits per heavy atom. The lowest BCUT2D eigenvalue weighted by Crippen LogP contribution is -2.38. The highest BCUT2D eigenvalue weighted by molar-refractivity contribution is 7.91. The van der Waals surface area contributed by atoms with Crippen LogP contribution in [0, 0.1) is 0 Å². The van der Waals surface area contributed by atoms with Crippen LogP contribution in [0.2, 0.25) is 0 Å². The molecule has 1 aromatic rings. The van der Waals surface area contributed by atoms with Gasteiger partial charge in [-0.25, -0.2) is 8.42 Å². The smallest absolute Gasteiger partial charge is 0.211 e. The summed E-state index contributed by atoms with van der Waals surface area (Å²) in [4.78, 5) is 0. The van der Waals surface area contributed by atoms with Gasteiger partial charge in [0.25, 0.3) is 0 Å². The van der Waals surface area contributed by atoms with E-state index in [2.05, 4.69) is 20.8 Å². The maximum absolute atomic E-state index is 11.3. The van der Waals surface area contributed by atoms with Crippen LogP contribution in [-0.2, 0) is 16.3 Å². The molecule has 2 heterocycles. The highest BCUT2D eigenvalue weighted by Gasteiger charge is 2.28. The van der Waals surface area contributed by atoms with Gasteiger partial charge in [0.15, 0.2) is 14.9 Å². The summed E-state index contributed by atoms with van der Waals surface area (Å²) >= 11 is 6.55. The van der Waals surface area contributed by atoms with Crippen molar-refractivity contribution in [1.29, 1.82) is 0 Å². The quantitative estimate of drug-likeness (QED) is 0.790. The molecule has 1 aliphatic rings. The van der Waals surface area contributed by atoms with Crippen molar-refractivity contribution in [2.45, 2.75) is 25.8 Å². The summed E-state index contributed by atoms with van der Waals surface area (Å²) in [5.74, 6) is 0.372. The van der Waals surface area contributed by atoms with E-state index in [1.807, 2.05) is 6.92 Å². The minimum absolute atomic E-state index is 0.103. The van der Waals surface area contributed by atoms with Gasteiger partial charge in [0.2, 0.25) is 5.13 Å². The third kappa shape index (κ3) is 3.59. The summed E-state index contributed by atoms with van der Waals surface area (Å²) in [5.41, 5.74) is 0. The van der Waals surface area contributed by atoms with Gasteiger partial charge in [-0.1, -0.05) is 18.3 Å². The summed E-state index contributed by atoms with van der Waals surface area (Å²) in [7, 11) is -2.89. The van der Waals surface area contributed by atoms with Gasteiger partial charge in [-0.3, -0.25) is 0 Å². The van der Waals surface area contributed by atoms with Crippen LogP contribution in [-0.4, -0.2) is 41.3 Å². The number of thiocarbonyl (C=S) groups is 1. The topological polar surface area (TPSA) is 84.0 Å². The molecular weight excluding hydrogens is 292 g/mol. The number of hydrogen-bond acceptors (Lipinski definition) is 6. The van der Waals surface area contributed by atoms with Crippen molar-refractivity contribution in [3.63, 3.8) is 0 Å². The molecule has 0 saturated carbocycles. The van der Waals surface area contributed by atoms with Crippen molar-refractivity contribution in [3.05, 3.63) is 5.01 Å². The number of sulfone groups is 1. The zero-order valence-corrected chi connectivity index (χ0v) is 12.3. The summed E-state index contributed by atoms with van der Waals surface area (Å²) in [5, 5.41) is 15.8. The Morgan fingerprint density at radius 2 is 2.33 bits per heavy atom. The molecule has 2 rings (SSSR count). The van der Waals surface area contributed by atoms with Gasteiger partial charge in [-0.05, 0) is 25.1 Å². The monoisotopic (exact) mass is 306 g/mol. The number of anilines is 1. The molecule has 1 atom stereocenters. The molecule has 6 nitrogen and oxygen atoms in total. The molecular formula is C9H14N4O2S3. The van der Waals surface area contributed by atoms with Gasteiger partial charge in [0.1, 0.15) is 5.01 Å². The third-order valence-corrected chi connectivity index (χ3v) is 5.53. The number of aromatic nitrogens is 2. The van der Waals surface area contributed by atoms with Crippen LogP contribution in [0.3, 0.4) is 0 Å². The number of rotatable bonds is 3. The van der Waals surface area contributed by atoms with Crippen LogP contribution in [0.15, 0.2) is 0 Å². The molecule has 1 aromatic heterocycles. The lowest BCUT2D eigenvalue weighted by atomic mass is 10.3. The summed E-state index contributed by atoms with van der Waals surface area (Å²) in [6.07, 6.45) is 1.43. The van der Waals surface area contributed by atoms with Crippen molar-refractivity contribution < 1.29 is 8.42 Å². The zero-order valence-electron chi connectivity index (χ0n) is 9.84. The van der Waals surface area contributed by atoms with E-state index in [0.717, 1.165) is 11.4 Å². The number of hydrogen-bond donors (Lipinski definition) is 2. The summed E-state index contributed by atoms with van der Waals surface area (Å²) in [6, 6.07) is -0.103. The van der Waals surface area contributed by atoms with Crippen LogP contribution in [0.25, 0.3) is 0 Å². The molecule has 9 heteroatoms. The first-order chi connectivity index (χ1) is 8.48. The van der Waals surface area contributed by atoms with E-state index in [9.17, 15) is 8.42 Å². The van der Waals surface area contributed by atoms with E-state index < -0.39 is 9.84 Å². The number of nitrogens with zero attached hydrogens (tertiary/aromatic N) is 2. The third-order valence-electron chi connectivity index (χ3n) is 2.56. The maximum Gasteiger partial charge on any atom is 0.211 e. The van der Waals surface area contributed by atoms with Gasteiger partial charge >= 0.3 is 0 Å². The first-order valence-electron chi connectivity index (χ1n) is 5.59. The molecule has 1 saturated heterocycles. The maximum atomic E-state index is 11.3. The fraction of sp³-hybridized carbons (Fsp3) is 0.667. The molecule has 0 aliphatic carbocycles. The predicted molar refractivity (Wildman–Crippen MR) is 75.7 cm³/mol. The molecule has 0 amide bonds. The standard InChI is InChI=1S/C9H14N4O2S3/c1-2-7-12-13-9(17-7)11-8(16)10-6-3-4-18(14,15)5-6/h6H,2-5H2,1H3,(H2,10,11,13,16)/t6-/m0/s1. The molecule has 0 radical (unpaired) electrons. The Hall–Kier alpha value is -0.800. The SMILES string of the molecule is CCc1nnc(NC(=S)N[C@H]2CCS(=O)(=O)C2)s1. The lowest BCUT2D eigenvalue weighted by molar-refractivity contribution is 0.600. The Kier molecular flexibility index (Phi) is 4.13. The second-order valence-electron chi connectivity index (χ2n) is 4.05. The molecule has 1 aliphatic heterocycles. The Labute approximate surface area is 115 Å². The molecule has 18 heavy (non-hydrogen) atoms. The first-order valence-corrected chi connectivity index (χ1v) is 8.63. The molecule has 2 N–H and O–H groups in total. The minimum atomic E-state index is -2.89.